The average Bonchev–Trinajstić information content (AvgIpc) is 2.49. The van der Waals surface area contributed by atoms with Crippen molar-refractivity contribution in [3.05, 3.63) is 22.2 Å². The lowest BCUT2D eigenvalue weighted by molar-refractivity contribution is 0.0596. The number of halogens is 1. The highest BCUT2D eigenvalue weighted by Gasteiger charge is 2.23. The molecular weight excluding hydrogens is 252 g/mol. The molecule has 0 bridgehead atoms. The quantitative estimate of drug-likeness (QED) is 0.725. The first-order chi connectivity index (χ1) is 7.43. The molecule has 4 nitrogen and oxygen atoms in total. The van der Waals surface area contributed by atoms with Crippen LogP contribution in [0.25, 0.3) is 0 Å². The minimum atomic E-state index is -2.26. The van der Waals surface area contributed by atoms with Gasteiger partial charge in [0.15, 0.2) is 11.5 Å². The van der Waals surface area contributed by atoms with Gasteiger partial charge in [0, 0.05) is 4.47 Å². The normalized spacial score (nSPS) is 18.4. The first-order valence-corrected chi connectivity index (χ1v) is 4.52. The number of methoxy groups -OCH3 is 1. The second kappa shape index (κ2) is 3.49. The number of ether oxygens (including phenoxy) is 3. The van der Waals surface area contributed by atoms with E-state index in [2.05, 4.69) is 20.7 Å². The number of benzene rings is 1. The van der Waals surface area contributed by atoms with Crippen molar-refractivity contribution < 1.29 is 21.7 Å². The van der Waals surface area contributed by atoms with E-state index in [1.165, 1.54) is 19.2 Å². The van der Waals surface area contributed by atoms with Gasteiger partial charge in [0.2, 0.25) is 6.75 Å². The van der Waals surface area contributed by atoms with Crippen LogP contribution in [0.1, 0.15) is 13.1 Å². The summed E-state index contributed by atoms with van der Waals surface area (Å²) in [5, 5.41) is 0. The van der Waals surface area contributed by atoms with Gasteiger partial charge in [-0.25, -0.2) is 4.79 Å². The van der Waals surface area contributed by atoms with E-state index in [-0.39, 0.29) is 17.1 Å². The summed E-state index contributed by atoms with van der Waals surface area (Å²) in [4.78, 5) is 11.4. The number of hydrogen-bond donors (Lipinski definition) is 0. The van der Waals surface area contributed by atoms with Crippen LogP contribution in [0.3, 0.4) is 0 Å². The van der Waals surface area contributed by atoms with Gasteiger partial charge in [-0.15, -0.1) is 0 Å². The maximum Gasteiger partial charge on any atom is 0.341 e. The zero-order valence-electron chi connectivity index (χ0n) is 9.17. The average molecular weight is 261 g/mol. The fourth-order valence-electron chi connectivity index (χ4n) is 1.12. The highest BCUT2D eigenvalue weighted by atomic mass is 79.9. The zero-order chi connectivity index (χ0) is 11.9. The van der Waals surface area contributed by atoms with E-state index in [0.29, 0.717) is 4.47 Å². The molecular formula is C9H7BrO4. The molecule has 0 aliphatic carbocycles. The Kier molecular flexibility index (Phi) is 1.77. The lowest BCUT2D eigenvalue weighted by Crippen LogP contribution is -2.03. The highest BCUT2D eigenvalue weighted by Crippen LogP contribution is 2.38. The van der Waals surface area contributed by atoms with Gasteiger partial charge < -0.3 is 14.2 Å². The topological polar surface area (TPSA) is 44.8 Å². The summed E-state index contributed by atoms with van der Waals surface area (Å²) in [7, 11) is 1.24. The number of fused-ring (bicyclic) bond motifs is 1. The summed E-state index contributed by atoms with van der Waals surface area (Å²) >= 11 is 3.18. The van der Waals surface area contributed by atoms with E-state index in [1.807, 2.05) is 0 Å². The van der Waals surface area contributed by atoms with Crippen LogP contribution in [0.5, 0.6) is 11.5 Å². The Balaban J connectivity index is 2.53. The molecule has 1 heterocycles. The van der Waals surface area contributed by atoms with Gasteiger partial charge in [-0.1, -0.05) is 15.9 Å². The molecule has 0 saturated heterocycles. The minimum Gasteiger partial charge on any atom is -0.465 e. The number of esters is 1. The number of carbonyl (C=O) groups is 1. The fourth-order valence-corrected chi connectivity index (χ4v) is 1.56. The van der Waals surface area contributed by atoms with E-state index < -0.39 is 12.7 Å². The summed E-state index contributed by atoms with van der Waals surface area (Å²) < 4.78 is 29.5. The van der Waals surface area contributed by atoms with Crippen LogP contribution >= 0.6 is 15.9 Å². The van der Waals surface area contributed by atoms with E-state index in [1.54, 1.807) is 0 Å². The first kappa shape index (κ1) is 7.11. The van der Waals surface area contributed by atoms with Gasteiger partial charge >= 0.3 is 5.97 Å². The number of rotatable bonds is 1. The van der Waals surface area contributed by atoms with Crippen molar-refractivity contribution in [2.75, 3.05) is 13.9 Å². The highest BCUT2D eigenvalue weighted by molar-refractivity contribution is 9.10. The molecule has 0 atom stereocenters. The molecule has 14 heavy (non-hydrogen) atoms. The Morgan fingerprint density at radius 3 is 3.14 bits per heavy atom. The van der Waals surface area contributed by atoms with Crippen LogP contribution in [0.15, 0.2) is 16.6 Å². The maximum absolute atomic E-state index is 11.4. The number of hydrogen-bond acceptors (Lipinski definition) is 4. The minimum absolute atomic E-state index is 0.0556. The van der Waals surface area contributed by atoms with Gasteiger partial charge in [-0.05, 0) is 12.1 Å². The monoisotopic (exact) mass is 260 g/mol. The summed E-state index contributed by atoms with van der Waals surface area (Å²) in [6.07, 6.45) is 0. The Bertz CT molecular complexity index is 461. The molecule has 5 heteroatoms. The molecule has 0 spiro atoms. The van der Waals surface area contributed by atoms with Crippen LogP contribution < -0.4 is 9.47 Å². The van der Waals surface area contributed by atoms with Crippen LogP contribution in [-0.4, -0.2) is 19.8 Å². The van der Waals surface area contributed by atoms with Gasteiger partial charge in [0.05, 0.1) is 7.11 Å². The lowest BCUT2D eigenvalue weighted by Gasteiger charge is -2.04. The van der Waals surface area contributed by atoms with Crippen LogP contribution in [0.2, 0.25) is 0 Å². The molecule has 0 saturated carbocycles. The summed E-state index contributed by atoms with van der Waals surface area (Å²) in [6, 6.07) is 3.00. The molecule has 0 aromatic heterocycles. The van der Waals surface area contributed by atoms with Crippen LogP contribution in [-0.2, 0) is 4.74 Å². The molecule has 1 aromatic rings. The Morgan fingerprint density at radius 2 is 2.43 bits per heavy atom. The summed E-state index contributed by atoms with van der Waals surface area (Å²) in [5.74, 6) is -0.390. The van der Waals surface area contributed by atoms with Crippen molar-refractivity contribution >= 4 is 21.9 Å². The Labute approximate surface area is 91.7 Å². The smallest absolute Gasteiger partial charge is 0.341 e. The van der Waals surface area contributed by atoms with Crippen molar-refractivity contribution in [1.82, 2.24) is 0 Å². The third-order valence-electron chi connectivity index (χ3n) is 1.72. The van der Waals surface area contributed by atoms with Crippen molar-refractivity contribution in [2.24, 2.45) is 0 Å². The molecule has 1 aromatic carbocycles. The van der Waals surface area contributed by atoms with Crippen molar-refractivity contribution in [2.45, 2.75) is 0 Å². The van der Waals surface area contributed by atoms with Gasteiger partial charge in [0.25, 0.3) is 0 Å². The molecule has 0 amide bonds. The van der Waals surface area contributed by atoms with Crippen LogP contribution in [0, 0.1) is 0 Å². The van der Waals surface area contributed by atoms with Crippen molar-refractivity contribution in [3.63, 3.8) is 0 Å². The lowest BCUT2D eigenvalue weighted by atomic mass is 10.2. The van der Waals surface area contributed by atoms with E-state index >= 15 is 0 Å². The third kappa shape index (κ3) is 1.43. The molecule has 0 unspecified atom stereocenters. The fraction of sp³-hybridized carbons (Fsp3) is 0.222. The Hall–Kier alpha value is -1.23. The van der Waals surface area contributed by atoms with Gasteiger partial charge in [-0.3, -0.25) is 0 Å². The van der Waals surface area contributed by atoms with E-state index in [4.69, 9.17) is 12.2 Å². The molecule has 0 N–H and O–H groups in total. The third-order valence-corrected chi connectivity index (χ3v) is 2.18. The SMILES string of the molecule is [2H]C1([2H])Oc2cc(Br)cc(C(=O)OC)c2O1. The summed E-state index contributed by atoms with van der Waals surface area (Å²) in [5.41, 5.74) is 0.119. The number of carbonyl (C=O) groups excluding carboxylic acids is 1. The van der Waals surface area contributed by atoms with Crippen molar-refractivity contribution in [3.8, 4) is 11.5 Å². The molecule has 1 aliphatic rings. The van der Waals surface area contributed by atoms with Gasteiger partial charge in [-0.2, -0.15) is 0 Å². The second-order valence-corrected chi connectivity index (χ2v) is 3.48. The van der Waals surface area contributed by atoms with Gasteiger partial charge in [0.1, 0.15) is 8.30 Å². The maximum atomic E-state index is 11.4. The predicted molar refractivity (Wildman–Crippen MR) is 51.6 cm³/mol. The van der Waals surface area contributed by atoms with Crippen molar-refractivity contribution in [1.29, 1.82) is 0 Å². The standard InChI is InChI=1S/C9H7BrO4/c1-12-9(11)6-2-5(10)3-7-8(6)14-4-13-7/h2-3H,4H2,1H3/i4D2. The molecule has 74 valence electrons. The molecule has 0 fully saturated rings. The molecule has 0 radical (unpaired) electrons. The molecule has 2 rings (SSSR count). The van der Waals surface area contributed by atoms with E-state index in [0.717, 1.165) is 0 Å². The summed E-state index contributed by atoms with van der Waals surface area (Å²) in [6.45, 7) is -2.26. The van der Waals surface area contributed by atoms with E-state index in [9.17, 15) is 4.79 Å². The first-order valence-electron chi connectivity index (χ1n) is 4.73. The largest absolute Gasteiger partial charge is 0.465 e. The molecule has 1 aliphatic heterocycles. The van der Waals surface area contributed by atoms with Crippen LogP contribution in [0.4, 0.5) is 0 Å². The predicted octanol–water partition coefficient (Wildman–Crippen LogP) is 1.96. The Morgan fingerprint density at radius 1 is 1.64 bits per heavy atom. The second-order valence-electron chi connectivity index (χ2n) is 2.56. The zero-order valence-corrected chi connectivity index (χ0v) is 8.75.